The lowest BCUT2D eigenvalue weighted by atomic mass is 10.3. The van der Waals surface area contributed by atoms with Crippen LogP contribution in [0.4, 0.5) is 0 Å². The highest BCUT2D eigenvalue weighted by atomic mass is 16.1. The summed E-state index contributed by atoms with van der Waals surface area (Å²) in [7, 11) is 0. The van der Waals surface area contributed by atoms with Gasteiger partial charge in [0, 0.05) is 17.1 Å². The summed E-state index contributed by atoms with van der Waals surface area (Å²) in [6, 6.07) is 7.28. The number of rotatable bonds is 3. The Morgan fingerprint density at radius 3 is 2.73 bits per heavy atom. The van der Waals surface area contributed by atoms with Gasteiger partial charge in [-0.3, -0.25) is 9.20 Å². The monoisotopic (exact) mass is 296 g/mol. The van der Waals surface area contributed by atoms with Crippen LogP contribution in [0, 0.1) is 20.8 Å². The third-order valence-corrected chi connectivity index (χ3v) is 3.29. The summed E-state index contributed by atoms with van der Waals surface area (Å²) in [6.07, 6.45) is 0. The highest BCUT2D eigenvalue weighted by molar-refractivity contribution is 5.92. The molecule has 3 aromatic rings. The summed E-state index contributed by atoms with van der Waals surface area (Å²) in [5.74, 6) is 0.939. The summed E-state index contributed by atoms with van der Waals surface area (Å²) >= 11 is 0. The molecule has 0 radical (unpaired) electrons. The van der Waals surface area contributed by atoms with E-state index >= 15 is 0 Å². The molecule has 22 heavy (non-hydrogen) atoms. The highest BCUT2D eigenvalue weighted by Crippen LogP contribution is 2.08. The van der Waals surface area contributed by atoms with Crippen molar-refractivity contribution < 1.29 is 4.79 Å². The fourth-order valence-electron chi connectivity index (χ4n) is 2.33. The number of amides is 1. The predicted molar refractivity (Wildman–Crippen MR) is 80.4 cm³/mol. The van der Waals surface area contributed by atoms with Crippen molar-refractivity contribution in [2.24, 2.45) is 0 Å². The number of carbonyl (C=O) groups excluding carboxylic acids is 1. The molecule has 0 spiro atoms. The first-order valence-corrected chi connectivity index (χ1v) is 6.95. The summed E-state index contributed by atoms with van der Waals surface area (Å²) in [4.78, 5) is 20.6. The summed E-state index contributed by atoms with van der Waals surface area (Å²) in [5.41, 5.74) is 3.05. The van der Waals surface area contributed by atoms with Gasteiger partial charge in [0.2, 0.25) is 0 Å². The van der Waals surface area contributed by atoms with Gasteiger partial charge in [0.05, 0.1) is 6.54 Å². The molecule has 0 unspecified atom stereocenters. The number of aromatic nitrogens is 5. The number of aryl methyl sites for hydroxylation is 3. The van der Waals surface area contributed by atoms with Crippen LogP contribution in [0.3, 0.4) is 0 Å². The Morgan fingerprint density at radius 2 is 1.95 bits per heavy atom. The molecule has 3 rings (SSSR count). The Labute approximate surface area is 127 Å². The highest BCUT2D eigenvalue weighted by Gasteiger charge is 2.12. The third kappa shape index (κ3) is 2.65. The zero-order valence-corrected chi connectivity index (χ0v) is 12.7. The number of hydrogen-bond donors (Lipinski definition) is 1. The molecule has 1 N–H and O–H groups in total. The smallest absolute Gasteiger partial charge is 0.270 e. The number of hydrogen-bond acceptors (Lipinski definition) is 5. The van der Waals surface area contributed by atoms with Gasteiger partial charge in [-0.1, -0.05) is 6.07 Å². The summed E-state index contributed by atoms with van der Waals surface area (Å²) in [6.45, 7) is 5.98. The Morgan fingerprint density at radius 1 is 1.14 bits per heavy atom. The third-order valence-electron chi connectivity index (χ3n) is 3.29. The molecule has 0 aliphatic rings. The van der Waals surface area contributed by atoms with Crippen molar-refractivity contribution in [1.29, 1.82) is 0 Å². The van der Waals surface area contributed by atoms with Gasteiger partial charge in [0.1, 0.15) is 5.69 Å². The predicted octanol–water partition coefficient (Wildman–Crippen LogP) is 1.37. The summed E-state index contributed by atoms with van der Waals surface area (Å²) < 4.78 is 1.83. The maximum absolute atomic E-state index is 12.1. The van der Waals surface area contributed by atoms with Gasteiger partial charge in [0.15, 0.2) is 5.82 Å². The first kappa shape index (κ1) is 14.1. The zero-order valence-electron chi connectivity index (χ0n) is 12.7. The minimum absolute atomic E-state index is 0.238. The van der Waals surface area contributed by atoms with E-state index in [1.807, 2.05) is 37.3 Å². The van der Waals surface area contributed by atoms with E-state index in [1.165, 1.54) is 0 Å². The molecule has 0 bridgehead atoms. The van der Waals surface area contributed by atoms with Gasteiger partial charge in [0.25, 0.3) is 11.7 Å². The molecule has 112 valence electrons. The van der Waals surface area contributed by atoms with Crippen LogP contribution in [0.5, 0.6) is 0 Å². The standard InChI is InChI=1S/C15H16N6O/c1-9-5-4-6-12(17-9)14(22)16-8-13-19-20-15-18-10(2)7-11(3)21(13)15/h4-7H,8H2,1-3H3,(H,16,22). The van der Waals surface area contributed by atoms with Crippen LogP contribution in [0.2, 0.25) is 0 Å². The van der Waals surface area contributed by atoms with E-state index in [-0.39, 0.29) is 12.5 Å². The molecule has 0 saturated carbocycles. The lowest BCUT2D eigenvalue weighted by Gasteiger charge is -2.06. The van der Waals surface area contributed by atoms with E-state index in [4.69, 9.17) is 0 Å². The fraction of sp³-hybridized carbons (Fsp3) is 0.267. The van der Waals surface area contributed by atoms with Crippen molar-refractivity contribution in [3.8, 4) is 0 Å². The SMILES string of the molecule is Cc1cccc(C(=O)NCc2nnc3nc(C)cc(C)n23)n1. The molecule has 7 nitrogen and oxygen atoms in total. The molecular formula is C15H16N6O. The number of pyridine rings is 1. The normalized spacial score (nSPS) is 10.9. The minimum Gasteiger partial charge on any atom is -0.343 e. The van der Waals surface area contributed by atoms with E-state index in [0.717, 1.165) is 17.1 Å². The lowest BCUT2D eigenvalue weighted by Crippen LogP contribution is -2.25. The maximum atomic E-state index is 12.1. The molecule has 0 aliphatic carbocycles. The zero-order chi connectivity index (χ0) is 15.7. The fourth-order valence-corrected chi connectivity index (χ4v) is 2.33. The van der Waals surface area contributed by atoms with Crippen molar-refractivity contribution in [2.45, 2.75) is 27.3 Å². The number of nitrogens with zero attached hydrogens (tertiary/aromatic N) is 5. The van der Waals surface area contributed by atoms with Gasteiger partial charge in [-0.05, 0) is 39.0 Å². The Hall–Kier alpha value is -2.83. The first-order chi connectivity index (χ1) is 10.5. The quantitative estimate of drug-likeness (QED) is 0.789. The van der Waals surface area contributed by atoms with Gasteiger partial charge in [-0.15, -0.1) is 10.2 Å². The summed E-state index contributed by atoms with van der Waals surface area (Å²) in [5, 5.41) is 10.9. The first-order valence-electron chi connectivity index (χ1n) is 6.95. The number of nitrogens with one attached hydrogen (secondary N) is 1. The van der Waals surface area contributed by atoms with E-state index < -0.39 is 0 Å². The lowest BCUT2D eigenvalue weighted by molar-refractivity contribution is 0.0944. The van der Waals surface area contributed by atoms with Gasteiger partial charge in [-0.25, -0.2) is 9.97 Å². The largest absolute Gasteiger partial charge is 0.343 e. The molecule has 3 aromatic heterocycles. The molecule has 0 aromatic carbocycles. The second kappa shape index (κ2) is 5.51. The van der Waals surface area contributed by atoms with Crippen molar-refractivity contribution in [3.63, 3.8) is 0 Å². The van der Waals surface area contributed by atoms with Gasteiger partial charge < -0.3 is 5.32 Å². The van der Waals surface area contributed by atoms with E-state index in [9.17, 15) is 4.79 Å². The molecule has 0 fully saturated rings. The van der Waals surface area contributed by atoms with Crippen molar-refractivity contribution in [3.05, 3.63) is 52.9 Å². The van der Waals surface area contributed by atoms with Crippen LogP contribution in [-0.2, 0) is 6.54 Å². The van der Waals surface area contributed by atoms with E-state index in [0.29, 0.717) is 17.3 Å². The van der Waals surface area contributed by atoms with Gasteiger partial charge >= 0.3 is 0 Å². The molecule has 7 heteroatoms. The Kier molecular flexibility index (Phi) is 3.54. The van der Waals surface area contributed by atoms with E-state index in [2.05, 4.69) is 25.5 Å². The number of fused-ring (bicyclic) bond motifs is 1. The maximum Gasteiger partial charge on any atom is 0.270 e. The molecule has 0 saturated heterocycles. The van der Waals surface area contributed by atoms with Crippen LogP contribution in [-0.4, -0.2) is 30.5 Å². The molecule has 3 heterocycles. The van der Waals surface area contributed by atoms with Crippen molar-refractivity contribution >= 4 is 11.7 Å². The van der Waals surface area contributed by atoms with Gasteiger partial charge in [-0.2, -0.15) is 0 Å². The average Bonchev–Trinajstić information content (AvgIpc) is 2.88. The second-order valence-corrected chi connectivity index (χ2v) is 5.14. The van der Waals surface area contributed by atoms with Crippen LogP contribution < -0.4 is 5.32 Å². The average molecular weight is 296 g/mol. The molecule has 0 aliphatic heterocycles. The van der Waals surface area contributed by atoms with Crippen LogP contribution in [0.25, 0.3) is 5.78 Å². The van der Waals surface area contributed by atoms with Crippen LogP contribution in [0.1, 0.15) is 33.4 Å². The van der Waals surface area contributed by atoms with Crippen LogP contribution in [0.15, 0.2) is 24.3 Å². The Bertz CT molecular complexity index is 854. The molecule has 0 atom stereocenters. The second-order valence-electron chi connectivity index (χ2n) is 5.14. The molecular weight excluding hydrogens is 280 g/mol. The topological polar surface area (TPSA) is 85.1 Å². The minimum atomic E-state index is -0.238. The van der Waals surface area contributed by atoms with Crippen molar-refractivity contribution in [2.75, 3.05) is 0 Å². The molecule has 1 amide bonds. The van der Waals surface area contributed by atoms with E-state index in [1.54, 1.807) is 12.1 Å². The van der Waals surface area contributed by atoms with Crippen LogP contribution >= 0.6 is 0 Å². The van der Waals surface area contributed by atoms with Crippen molar-refractivity contribution in [1.82, 2.24) is 29.9 Å². The number of carbonyl (C=O) groups is 1. The Balaban J connectivity index is 1.81.